The summed E-state index contributed by atoms with van der Waals surface area (Å²) in [6.07, 6.45) is -0.153. The summed E-state index contributed by atoms with van der Waals surface area (Å²) in [7, 11) is 6.06. The Kier molecular flexibility index (Phi) is 6.59. The molecule has 0 bridgehead atoms. The molecule has 0 spiro atoms. The summed E-state index contributed by atoms with van der Waals surface area (Å²) in [6, 6.07) is 5.73. The number of hydrogen-bond donors (Lipinski definition) is 0. The Hall–Kier alpha value is -1.48. The molecule has 1 unspecified atom stereocenters. The Labute approximate surface area is 124 Å². The number of hydrogen-bond acceptors (Lipinski definition) is 5. The number of rotatable bonds is 7. The molecule has 1 rings (SSSR count). The molecule has 0 saturated heterocycles. The van der Waals surface area contributed by atoms with Crippen LogP contribution in [-0.2, 0) is 15.9 Å². The zero-order valence-corrected chi connectivity index (χ0v) is 12.7. The van der Waals surface area contributed by atoms with Crippen molar-refractivity contribution in [1.82, 2.24) is 0 Å². The highest BCUT2D eigenvalue weighted by Crippen LogP contribution is 2.36. The van der Waals surface area contributed by atoms with E-state index >= 15 is 0 Å². The van der Waals surface area contributed by atoms with E-state index in [0.717, 1.165) is 5.56 Å². The monoisotopic (exact) mass is 299 g/mol. The van der Waals surface area contributed by atoms with Gasteiger partial charge in [0.2, 0.25) is 0 Å². The van der Waals surface area contributed by atoms with Crippen molar-refractivity contribution in [2.45, 2.75) is 12.7 Å². The second-order valence-corrected chi connectivity index (χ2v) is 4.47. The molecule has 0 amide bonds. The van der Waals surface area contributed by atoms with Crippen molar-refractivity contribution in [3.63, 3.8) is 0 Å². The number of nitrogens with zero attached hydrogens (tertiary/aromatic N) is 1. The third kappa shape index (κ3) is 3.76. The summed E-state index contributed by atoms with van der Waals surface area (Å²) < 4.78 is 20.7. The predicted octanol–water partition coefficient (Wildman–Crippen LogP) is 2.66. The molecule has 0 N–H and O–H groups in total. The van der Waals surface area contributed by atoms with Crippen LogP contribution in [0.25, 0.3) is 0 Å². The van der Waals surface area contributed by atoms with Crippen LogP contribution in [0.1, 0.15) is 5.56 Å². The SMILES string of the molecule is COc1cc(CC(C#N)C(OC)OC)cc(OC)c1Cl. The zero-order valence-electron chi connectivity index (χ0n) is 12.0. The van der Waals surface area contributed by atoms with Gasteiger partial charge in [-0.3, -0.25) is 0 Å². The van der Waals surface area contributed by atoms with E-state index in [0.29, 0.717) is 22.9 Å². The number of methoxy groups -OCH3 is 4. The molecule has 0 aromatic heterocycles. The molecule has 0 saturated carbocycles. The fraction of sp³-hybridized carbons (Fsp3) is 0.500. The summed E-state index contributed by atoms with van der Waals surface area (Å²) >= 11 is 6.10. The van der Waals surface area contributed by atoms with Gasteiger partial charge in [0, 0.05) is 14.2 Å². The lowest BCUT2D eigenvalue weighted by Crippen LogP contribution is -2.25. The lowest BCUT2D eigenvalue weighted by atomic mass is 9.99. The van der Waals surface area contributed by atoms with Gasteiger partial charge >= 0.3 is 0 Å². The number of halogens is 1. The second-order valence-electron chi connectivity index (χ2n) is 4.09. The number of ether oxygens (including phenoxy) is 4. The van der Waals surface area contributed by atoms with Crippen molar-refractivity contribution in [3.05, 3.63) is 22.7 Å². The molecule has 0 aliphatic rings. The van der Waals surface area contributed by atoms with Crippen molar-refractivity contribution >= 4 is 11.6 Å². The predicted molar refractivity (Wildman–Crippen MR) is 75.2 cm³/mol. The van der Waals surface area contributed by atoms with E-state index in [4.69, 9.17) is 30.5 Å². The third-order valence-electron chi connectivity index (χ3n) is 2.92. The van der Waals surface area contributed by atoms with E-state index in [-0.39, 0.29) is 0 Å². The van der Waals surface area contributed by atoms with Crippen LogP contribution in [0.2, 0.25) is 5.02 Å². The minimum atomic E-state index is -0.590. The molecule has 1 aromatic carbocycles. The van der Waals surface area contributed by atoms with E-state index in [1.807, 2.05) is 0 Å². The largest absolute Gasteiger partial charge is 0.495 e. The molecular formula is C14H18ClNO4. The van der Waals surface area contributed by atoms with E-state index in [1.165, 1.54) is 28.4 Å². The van der Waals surface area contributed by atoms with Gasteiger partial charge in [-0.2, -0.15) is 5.26 Å². The normalized spacial score (nSPS) is 12.1. The zero-order chi connectivity index (χ0) is 15.1. The molecule has 0 heterocycles. The van der Waals surface area contributed by atoms with Crippen LogP contribution >= 0.6 is 11.6 Å². The third-order valence-corrected chi connectivity index (χ3v) is 3.29. The first-order chi connectivity index (χ1) is 9.60. The highest BCUT2D eigenvalue weighted by atomic mass is 35.5. The van der Waals surface area contributed by atoms with Gasteiger partial charge in [-0.05, 0) is 24.1 Å². The van der Waals surface area contributed by atoms with Gasteiger partial charge in [-0.15, -0.1) is 0 Å². The van der Waals surface area contributed by atoms with Gasteiger partial charge in [0.1, 0.15) is 22.4 Å². The first-order valence-corrected chi connectivity index (χ1v) is 6.34. The molecule has 0 fully saturated rings. The van der Waals surface area contributed by atoms with Crippen molar-refractivity contribution in [2.24, 2.45) is 5.92 Å². The lowest BCUT2D eigenvalue weighted by molar-refractivity contribution is -0.124. The molecule has 6 heteroatoms. The summed E-state index contributed by atoms with van der Waals surface area (Å²) in [4.78, 5) is 0. The Morgan fingerprint density at radius 2 is 1.60 bits per heavy atom. The fourth-order valence-electron chi connectivity index (χ4n) is 1.92. The fourth-order valence-corrected chi connectivity index (χ4v) is 2.19. The molecule has 0 aliphatic heterocycles. The summed E-state index contributed by atoms with van der Waals surface area (Å²) in [5, 5.41) is 9.63. The van der Waals surface area contributed by atoms with Gasteiger partial charge in [0.15, 0.2) is 6.29 Å². The highest BCUT2D eigenvalue weighted by molar-refractivity contribution is 6.33. The van der Waals surface area contributed by atoms with Crippen molar-refractivity contribution < 1.29 is 18.9 Å². The van der Waals surface area contributed by atoms with Crippen LogP contribution in [0.15, 0.2) is 12.1 Å². The van der Waals surface area contributed by atoms with Crippen LogP contribution in [0, 0.1) is 17.2 Å². The Balaban J connectivity index is 3.05. The molecule has 1 aromatic rings. The van der Waals surface area contributed by atoms with Crippen molar-refractivity contribution in [2.75, 3.05) is 28.4 Å². The molecular weight excluding hydrogens is 282 g/mol. The first kappa shape index (κ1) is 16.6. The average Bonchev–Trinajstić information content (AvgIpc) is 2.48. The molecule has 5 nitrogen and oxygen atoms in total. The van der Waals surface area contributed by atoms with E-state index in [1.54, 1.807) is 12.1 Å². The van der Waals surface area contributed by atoms with E-state index < -0.39 is 12.2 Å². The van der Waals surface area contributed by atoms with Gasteiger partial charge < -0.3 is 18.9 Å². The highest BCUT2D eigenvalue weighted by Gasteiger charge is 2.22. The van der Waals surface area contributed by atoms with Gasteiger partial charge in [-0.1, -0.05) is 11.6 Å². The average molecular weight is 300 g/mol. The molecule has 110 valence electrons. The molecule has 0 radical (unpaired) electrons. The maximum atomic E-state index is 9.23. The van der Waals surface area contributed by atoms with Crippen LogP contribution < -0.4 is 9.47 Å². The molecule has 20 heavy (non-hydrogen) atoms. The van der Waals surface area contributed by atoms with Crippen molar-refractivity contribution in [1.29, 1.82) is 5.26 Å². The standard InChI is InChI=1S/C14H18ClNO4/c1-17-11-6-9(7-12(18-2)13(11)15)5-10(8-16)14(19-3)20-4/h6-7,10,14H,5H2,1-4H3. The van der Waals surface area contributed by atoms with E-state index in [9.17, 15) is 5.26 Å². The van der Waals surface area contributed by atoms with Crippen LogP contribution in [0.3, 0.4) is 0 Å². The Morgan fingerprint density at radius 1 is 1.10 bits per heavy atom. The summed E-state index contributed by atoms with van der Waals surface area (Å²) in [5.41, 5.74) is 0.855. The Bertz CT molecular complexity index is 458. The smallest absolute Gasteiger partial charge is 0.172 e. The van der Waals surface area contributed by atoms with Gasteiger partial charge in [-0.25, -0.2) is 0 Å². The van der Waals surface area contributed by atoms with Crippen LogP contribution in [-0.4, -0.2) is 34.7 Å². The Morgan fingerprint density at radius 3 is 1.95 bits per heavy atom. The maximum Gasteiger partial charge on any atom is 0.172 e. The van der Waals surface area contributed by atoms with Gasteiger partial charge in [0.25, 0.3) is 0 Å². The molecule has 0 aliphatic carbocycles. The second kappa shape index (κ2) is 7.95. The minimum absolute atomic E-state index is 0.405. The minimum Gasteiger partial charge on any atom is -0.495 e. The van der Waals surface area contributed by atoms with Gasteiger partial charge in [0.05, 0.1) is 20.3 Å². The quantitative estimate of drug-likeness (QED) is 0.724. The molecule has 1 atom stereocenters. The van der Waals surface area contributed by atoms with Crippen molar-refractivity contribution in [3.8, 4) is 17.6 Å². The van der Waals surface area contributed by atoms with Crippen LogP contribution in [0.5, 0.6) is 11.5 Å². The lowest BCUT2D eigenvalue weighted by Gasteiger charge is -2.19. The van der Waals surface area contributed by atoms with Crippen LogP contribution in [0.4, 0.5) is 0 Å². The topological polar surface area (TPSA) is 60.7 Å². The summed E-state index contributed by atoms with van der Waals surface area (Å²) in [5.74, 6) is 0.564. The number of benzene rings is 1. The first-order valence-electron chi connectivity index (χ1n) is 5.96. The summed E-state index contributed by atoms with van der Waals surface area (Å²) in [6.45, 7) is 0. The van der Waals surface area contributed by atoms with E-state index in [2.05, 4.69) is 6.07 Å². The number of nitriles is 1. The maximum absolute atomic E-state index is 9.23.